The highest BCUT2D eigenvalue weighted by molar-refractivity contribution is 9.10. The number of alkyl halides is 5. The molecule has 0 bridgehead atoms. The van der Waals surface area contributed by atoms with Gasteiger partial charge in [-0.2, -0.15) is 0 Å². The van der Waals surface area contributed by atoms with Crippen LogP contribution in [-0.4, -0.2) is 11.3 Å². The maximum absolute atomic E-state index is 12.5. The minimum absolute atomic E-state index is 0.352. The highest BCUT2D eigenvalue weighted by Gasteiger charge is 2.35. The first kappa shape index (κ1) is 12.9. The molecule has 0 atom stereocenters. The lowest BCUT2D eigenvalue weighted by Gasteiger charge is -2.15. The fourth-order valence-electron chi connectivity index (χ4n) is 0.930. The average molecular weight is 307 g/mol. The number of rotatable bonds is 2. The van der Waals surface area contributed by atoms with Crippen LogP contribution in [0.3, 0.4) is 0 Å². The fourth-order valence-corrected chi connectivity index (χ4v) is 1.33. The lowest BCUT2D eigenvalue weighted by molar-refractivity contribution is -0.275. The molecule has 90 valence electrons. The van der Waals surface area contributed by atoms with Gasteiger partial charge in [0.25, 0.3) is 6.43 Å². The van der Waals surface area contributed by atoms with E-state index in [1.54, 1.807) is 0 Å². The monoisotopic (exact) mass is 306 g/mol. The Hall–Kier alpha value is -1.12. The summed E-state index contributed by atoms with van der Waals surface area (Å²) in [4.78, 5) is 3.29. The van der Waals surface area contributed by atoms with Gasteiger partial charge in [-0.25, -0.2) is 13.8 Å². The van der Waals surface area contributed by atoms with Crippen molar-refractivity contribution in [3.63, 3.8) is 0 Å². The molecule has 1 heterocycles. The molecular formula is C7H4BrF5N2O. The molecule has 0 unspecified atom stereocenters. The Morgan fingerprint density at radius 2 is 1.94 bits per heavy atom. The van der Waals surface area contributed by atoms with Crippen molar-refractivity contribution in [3.8, 4) is 5.75 Å². The zero-order valence-corrected chi connectivity index (χ0v) is 8.94. The quantitative estimate of drug-likeness (QED) is 0.853. The van der Waals surface area contributed by atoms with E-state index in [4.69, 9.17) is 5.73 Å². The summed E-state index contributed by atoms with van der Waals surface area (Å²) in [5.74, 6) is -1.78. The summed E-state index contributed by atoms with van der Waals surface area (Å²) in [6.45, 7) is 0. The van der Waals surface area contributed by atoms with E-state index >= 15 is 0 Å². The summed E-state index contributed by atoms with van der Waals surface area (Å²) in [5.41, 5.74) is 3.96. The Balaban J connectivity index is 3.29. The molecular weight excluding hydrogens is 303 g/mol. The van der Waals surface area contributed by atoms with Crippen LogP contribution in [0, 0.1) is 0 Å². The topological polar surface area (TPSA) is 48.1 Å². The number of ether oxygens (including phenoxy) is 1. The zero-order chi connectivity index (χ0) is 12.5. The number of anilines is 1. The Bertz CT molecular complexity index is 395. The van der Waals surface area contributed by atoms with Crippen LogP contribution in [-0.2, 0) is 0 Å². The van der Waals surface area contributed by atoms with Crippen LogP contribution in [0.25, 0.3) is 0 Å². The van der Waals surface area contributed by atoms with Crippen molar-refractivity contribution in [3.05, 3.63) is 16.2 Å². The van der Waals surface area contributed by atoms with Crippen molar-refractivity contribution in [1.82, 2.24) is 4.98 Å². The van der Waals surface area contributed by atoms with Gasteiger partial charge in [0.1, 0.15) is 11.4 Å². The van der Waals surface area contributed by atoms with Crippen LogP contribution >= 0.6 is 15.9 Å². The molecule has 0 saturated carbocycles. The summed E-state index contributed by atoms with van der Waals surface area (Å²) < 4.78 is 63.9. The molecule has 0 aliphatic rings. The number of nitrogen functional groups attached to an aromatic ring is 1. The number of pyridine rings is 1. The largest absolute Gasteiger partial charge is 0.573 e. The smallest absolute Gasteiger partial charge is 0.404 e. The summed E-state index contributed by atoms with van der Waals surface area (Å²) in [6.07, 6.45) is -7.45. The van der Waals surface area contributed by atoms with Crippen molar-refractivity contribution in [2.24, 2.45) is 0 Å². The van der Waals surface area contributed by atoms with Crippen molar-refractivity contribution in [2.45, 2.75) is 12.8 Å². The molecule has 1 aromatic heterocycles. The van der Waals surface area contributed by atoms with E-state index in [1.165, 1.54) is 0 Å². The summed E-state index contributed by atoms with van der Waals surface area (Å²) in [7, 11) is 0. The second kappa shape index (κ2) is 4.40. The Labute approximate surface area is 94.5 Å². The molecule has 0 aliphatic heterocycles. The maximum Gasteiger partial charge on any atom is 0.573 e. The third-order valence-corrected chi connectivity index (χ3v) is 2.06. The third kappa shape index (κ3) is 2.94. The number of aromatic nitrogens is 1. The molecule has 1 aromatic rings. The molecule has 9 heteroatoms. The Kier molecular flexibility index (Phi) is 3.56. The molecule has 0 radical (unpaired) electrons. The first-order chi connectivity index (χ1) is 7.22. The Morgan fingerprint density at radius 1 is 1.38 bits per heavy atom. The van der Waals surface area contributed by atoms with Gasteiger partial charge in [-0.1, -0.05) is 0 Å². The van der Waals surface area contributed by atoms with Gasteiger partial charge in [-0.05, 0) is 15.9 Å². The van der Waals surface area contributed by atoms with E-state index in [0.717, 1.165) is 6.20 Å². The summed E-state index contributed by atoms with van der Waals surface area (Å²) in [6, 6.07) is 0. The van der Waals surface area contributed by atoms with E-state index in [2.05, 4.69) is 25.7 Å². The van der Waals surface area contributed by atoms with Gasteiger partial charge in [-0.15, -0.1) is 13.2 Å². The van der Waals surface area contributed by atoms with E-state index < -0.39 is 29.9 Å². The first-order valence-corrected chi connectivity index (χ1v) is 4.49. The SMILES string of the molecule is Nc1ncc(Br)c(OC(F)(F)F)c1C(F)F. The molecule has 2 N–H and O–H groups in total. The molecule has 3 nitrogen and oxygen atoms in total. The van der Waals surface area contributed by atoms with Gasteiger partial charge in [-0.3, -0.25) is 0 Å². The van der Waals surface area contributed by atoms with Crippen LogP contribution in [0.15, 0.2) is 10.7 Å². The van der Waals surface area contributed by atoms with Gasteiger partial charge < -0.3 is 10.5 Å². The number of hydrogen-bond donors (Lipinski definition) is 1. The molecule has 1 rings (SSSR count). The van der Waals surface area contributed by atoms with Gasteiger partial charge in [0, 0.05) is 6.20 Å². The van der Waals surface area contributed by atoms with Crippen molar-refractivity contribution < 1.29 is 26.7 Å². The number of halogens is 6. The lowest BCUT2D eigenvalue weighted by Crippen LogP contribution is -2.19. The van der Waals surface area contributed by atoms with Crippen LogP contribution < -0.4 is 10.5 Å². The van der Waals surface area contributed by atoms with E-state index in [-0.39, 0.29) is 4.47 Å². The van der Waals surface area contributed by atoms with Crippen LogP contribution in [0.5, 0.6) is 5.75 Å². The summed E-state index contributed by atoms with van der Waals surface area (Å²) >= 11 is 2.63. The Morgan fingerprint density at radius 3 is 2.38 bits per heavy atom. The lowest BCUT2D eigenvalue weighted by atomic mass is 10.2. The summed E-state index contributed by atoms with van der Waals surface area (Å²) in [5, 5.41) is 0. The second-order valence-electron chi connectivity index (χ2n) is 2.58. The minimum Gasteiger partial charge on any atom is -0.404 e. The normalized spacial score (nSPS) is 11.9. The number of nitrogens with zero attached hydrogens (tertiary/aromatic N) is 1. The fraction of sp³-hybridized carbons (Fsp3) is 0.286. The van der Waals surface area contributed by atoms with Crippen molar-refractivity contribution in [1.29, 1.82) is 0 Å². The predicted molar refractivity (Wildman–Crippen MR) is 48.0 cm³/mol. The number of hydrogen-bond acceptors (Lipinski definition) is 3. The molecule has 0 amide bonds. The van der Waals surface area contributed by atoms with Crippen LogP contribution in [0.1, 0.15) is 12.0 Å². The maximum atomic E-state index is 12.5. The highest BCUT2D eigenvalue weighted by atomic mass is 79.9. The van der Waals surface area contributed by atoms with E-state index in [9.17, 15) is 22.0 Å². The molecule has 0 aromatic carbocycles. The van der Waals surface area contributed by atoms with Gasteiger partial charge in [0.2, 0.25) is 0 Å². The van der Waals surface area contributed by atoms with Crippen LogP contribution in [0.2, 0.25) is 0 Å². The molecule has 16 heavy (non-hydrogen) atoms. The molecule has 0 saturated heterocycles. The molecule has 0 spiro atoms. The predicted octanol–water partition coefficient (Wildman–Crippen LogP) is 3.26. The van der Waals surface area contributed by atoms with Gasteiger partial charge in [0.05, 0.1) is 4.47 Å². The zero-order valence-electron chi connectivity index (χ0n) is 7.36. The first-order valence-electron chi connectivity index (χ1n) is 3.70. The van der Waals surface area contributed by atoms with Crippen molar-refractivity contribution >= 4 is 21.7 Å². The standard InChI is InChI=1S/C7H4BrF5N2O/c8-2-1-15-6(14)3(5(9)10)4(2)16-7(11,12)13/h1,5H,(H2,14,15). The van der Waals surface area contributed by atoms with E-state index in [1.807, 2.05) is 0 Å². The van der Waals surface area contributed by atoms with Crippen LogP contribution in [0.4, 0.5) is 27.8 Å². The van der Waals surface area contributed by atoms with Gasteiger partial charge >= 0.3 is 6.36 Å². The highest BCUT2D eigenvalue weighted by Crippen LogP contribution is 2.40. The van der Waals surface area contributed by atoms with Gasteiger partial charge in [0.15, 0.2) is 5.75 Å². The third-order valence-electron chi connectivity index (χ3n) is 1.49. The second-order valence-corrected chi connectivity index (χ2v) is 3.44. The molecule has 0 aliphatic carbocycles. The van der Waals surface area contributed by atoms with E-state index in [0.29, 0.717) is 0 Å². The number of nitrogens with two attached hydrogens (primary N) is 1. The molecule has 0 fully saturated rings. The average Bonchev–Trinajstić information content (AvgIpc) is 2.08. The van der Waals surface area contributed by atoms with Crippen molar-refractivity contribution in [2.75, 3.05) is 5.73 Å². The minimum atomic E-state index is -5.08.